The van der Waals surface area contributed by atoms with E-state index in [-0.39, 0.29) is 5.82 Å². The van der Waals surface area contributed by atoms with Gasteiger partial charge in [-0.3, -0.25) is 0 Å². The summed E-state index contributed by atoms with van der Waals surface area (Å²) in [7, 11) is 0. The zero-order chi connectivity index (χ0) is 11.7. The Labute approximate surface area is 99.3 Å². The molecule has 3 nitrogen and oxygen atoms in total. The molecule has 0 spiro atoms. The van der Waals surface area contributed by atoms with E-state index in [1.165, 1.54) is 11.8 Å². The molecule has 1 aliphatic rings. The summed E-state index contributed by atoms with van der Waals surface area (Å²) in [5, 5.41) is 3.25. The molecule has 0 saturated carbocycles. The van der Waals surface area contributed by atoms with Gasteiger partial charge in [-0.2, -0.15) is 0 Å². The molecule has 88 valence electrons. The lowest BCUT2D eigenvalue weighted by Gasteiger charge is -2.27. The lowest BCUT2D eigenvalue weighted by molar-refractivity contribution is 0.427. The SMILES string of the molecule is Fc1cccc(Cn2cncc2C2CNC2)c1. The number of nitrogens with zero attached hydrogens (tertiary/aromatic N) is 2. The molecule has 4 heteroatoms. The van der Waals surface area contributed by atoms with E-state index >= 15 is 0 Å². The van der Waals surface area contributed by atoms with E-state index in [0.717, 1.165) is 18.7 Å². The van der Waals surface area contributed by atoms with E-state index < -0.39 is 0 Å². The topological polar surface area (TPSA) is 29.9 Å². The number of hydrogen-bond donors (Lipinski definition) is 1. The Morgan fingerprint density at radius 1 is 1.41 bits per heavy atom. The highest BCUT2D eigenvalue weighted by atomic mass is 19.1. The molecule has 0 amide bonds. The van der Waals surface area contributed by atoms with Gasteiger partial charge >= 0.3 is 0 Å². The first-order chi connectivity index (χ1) is 8.33. The zero-order valence-electron chi connectivity index (χ0n) is 9.44. The molecule has 2 heterocycles. The Bertz CT molecular complexity index is 517. The van der Waals surface area contributed by atoms with Crippen LogP contribution in [0.5, 0.6) is 0 Å². The van der Waals surface area contributed by atoms with Crippen LogP contribution >= 0.6 is 0 Å². The van der Waals surface area contributed by atoms with Crippen molar-refractivity contribution in [2.24, 2.45) is 0 Å². The number of hydrogen-bond acceptors (Lipinski definition) is 2. The van der Waals surface area contributed by atoms with Crippen molar-refractivity contribution in [3.8, 4) is 0 Å². The van der Waals surface area contributed by atoms with Gasteiger partial charge in [0, 0.05) is 37.4 Å². The lowest BCUT2D eigenvalue weighted by atomic mass is 10.00. The van der Waals surface area contributed by atoms with E-state index in [0.29, 0.717) is 12.5 Å². The standard InChI is InChI=1S/C13H14FN3/c14-12-3-1-2-10(4-12)8-17-9-16-7-13(17)11-5-15-6-11/h1-4,7,9,11,15H,5-6,8H2. The van der Waals surface area contributed by atoms with Gasteiger partial charge in [-0.15, -0.1) is 0 Å². The predicted molar refractivity (Wildman–Crippen MR) is 63.3 cm³/mol. The number of aromatic nitrogens is 2. The van der Waals surface area contributed by atoms with Crippen LogP contribution in [-0.4, -0.2) is 22.6 Å². The minimum Gasteiger partial charge on any atom is -0.330 e. The van der Waals surface area contributed by atoms with Gasteiger partial charge in [-0.25, -0.2) is 9.37 Å². The zero-order valence-corrected chi connectivity index (χ0v) is 9.44. The smallest absolute Gasteiger partial charge is 0.123 e. The van der Waals surface area contributed by atoms with Crippen LogP contribution in [0.1, 0.15) is 17.2 Å². The fourth-order valence-corrected chi connectivity index (χ4v) is 2.13. The molecule has 1 aromatic heterocycles. The van der Waals surface area contributed by atoms with Crippen LogP contribution in [0.3, 0.4) is 0 Å². The molecular formula is C13H14FN3. The molecule has 3 rings (SSSR count). The summed E-state index contributed by atoms with van der Waals surface area (Å²) in [4.78, 5) is 4.19. The highest BCUT2D eigenvalue weighted by molar-refractivity contribution is 5.19. The summed E-state index contributed by atoms with van der Waals surface area (Å²) >= 11 is 0. The highest BCUT2D eigenvalue weighted by Crippen LogP contribution is 2.20. The summed E-state index contributed by atoms with van der Waals surface area (Å²) in [5.41, 5.74) is 2.20. The van der Waals surface area contributed by atoms with Gasteiger partial charge in [-0.05, 0) is 17.7 Å². The van der Waals surface area contributed by atoms with Crippen LogP contribution in [0.15, 0.2) is 36.8 Å². The molecule has 1 saturated heterocycles. The minimum absolute atomic E-state index is 0.186. The summed E-state index contributed by atoms with van der Waals surface area (Å²) in [6.45, 7) is 2.70. The van der Waals surface area contributed by atoms with Crippen molar-refractivity contribution in [2.45, 2.75) is 12.5 Å². The first-order valence-corrected chi connectivity index (χ1v) is 5.78. The van der Waals surface area contributed by atoms with E-state index in [1.807, 2.05) is 18.6 Å². The van der Waals surface area contributed by atoms with Gasteiger partial charge in [0.2, 0.25) is 0 Å². The van der Waals surface area contributed by atoms with Crippen LogP contribution in [-0.2, 0) is 6.54 Å². The maximum absolute atomic E-state index is 13.1. The Morgan fingerprint density at radius 2 is 2.29 bits per heavy atom. The average Bonchev–Trinajstić information content (AvgIpc) is 2.64. The molecule has 0 bridgehead atoms. The fourth-order valence-electron chi connectivity index (χ4n) is 2.13. The van der Waals surface area contributed by atoms with Crippen molar-refractivity contribution < 1.29 is 4.39 Å². The van der Waals surface area contributed by atoms with Crippen LogP contribution in [0.4, 0.5) is 4.39 Å². The van der Waals surface area contributed by atoms with E-state index in [1.54, 1.807) is 12.1 Å². The average molecular weight is 231 g/mol. The van der Waals surface area contributed by atoms with Crippen molar-refractivity contribution in [3.05, 3.63) is 53.9 Å². The molecule has 0 atom stereocenters. The largest absolute Gasteiger partial charge is 0.330 e. The van der Waals surface area contributed by atoms with Gasteiger partial charge in [0.15, 0.2) is 0 Å². The number of benzene rings is 1. The molecular weight excluding hydrogens is 217 g/mol. The normalized spacial score (nSPS) is 15.8. The fraction of sp³-hybridized carbons (Fsp3) is 0.308. The molecule has 17 heavy (non-hydrogen) atoms. The van der Waals surface area contributed by atoms with Gasteiger partial charge in [-0.1, -0.05) is 12.1 Å². The van der Waals surface area contributed by atoms with Gasteiger partial charge in [0.25, 0.3) is 0 Å². The van der Waals surface area contributed by atoms with Crippen molar-refractivity contribution in [3.63, 3.8) is 0 Å². The van der Waals surface area contributed by atoms with E-state index in [4.69, 9.17) is 0 Å². The Morgan fingerprint density at radius 3 is 3.00 bits per heavy atom. The number of imidazole rings is 1. The molecule has 0 aliphatic carbocycles. The Balaban J connectivity index is 1.82. The quantitative estimate of drug-likeness (QED) is 0.872. The molecule has 1 aromatic carbocycles. The second kappa shape index (κ2) is 4.30. The third-order valence-corrected chi connectivity index (χ3v) is 3.19. The Kier molecular flexibility index (Phi) is 2.65. The van der Waals surface area contributed by atoms with E-state index in [9.17, 15) is 4.39 Å². The van der Waals surface area contributed by atoms with Gasteiger partial charge in [0.05, 0.1) is 6.33 Å². The number of halogens is 1. The second-order valence-corrected chi connectivity index (χ2v) is 4.43. The molecule has 2 aromatic rings. The maximum Gasteiger partial charge on any atom is 0.123 e. The summed E-state index contributed by atoms with van der Waals surface area (Å²) < 4.78 is 15.2. The van der Waals surface area contributed by atoms with Gasteiger partial charge in [0.1, 0.15) is 5.82 Å². The molecule has 1 fully saturated rings. The minimum atomic E-state index is -0.186. The Hall–Kier alpha value is -1.68. The third-order valence-electron chi connectivity index (χ3n) is 3.19. The van der Waals surface area contributed by atoms with Crippen molar-refractivity contribution in [1.82, 2.24) is 14.9 Å². The lowest BCUT2D eigenvalue weighted by Crippen LogP contribution is -2.40. The molecule has 0 radical (unpaired) electrons. The van der Waals surface area contributed by atoms with Crippen molar-refractivity contribution >= 4 is 0 Å². The summed E-state index contributed by atoms with van der Waals surface area (Å²) in [6, 6.07) is 6.72. The first kappa shape index (κ1) is 10.5. The van der Waals surface area contributed by atoms with Crippen LogP contribution in [0, 0.1) is 5.82 Å². The van der Waals surface area contributed by atoms with Gasteiger partial charge < -0.3 is 9.88 Å². The summed E-state index contributed by atoms with van der Waals surface area (Å²) in [6.07, 6.45) is 3.73. The third kappa shape index (κ3) is 2.08. The molecule has 1 aliphatic heterocycles. The van der Waals surface area contributed by atoms with Crippen molar-refractivity contribution in [1.29, 1.82) is 0 Å². The number of rotatable bonds is 3. The van der Waals surface area contributed by atoms with Crippen molar-refractivity contribution in [2.75, 3.05) is 13.1 Å². The van der Waals surface area contributed by atoms with Crippen LogP contribution < -0.4 is 5.32 Å². The monoisotopic (exact) mass is 231 g/mol. The first-order valence-electron chi connectivity index (χ1n) is 5.78. The predicted octanol–water partition coefficient (Wildman–Crippen LogP) is 1.76. The van der Waals surface area contributed by atoms with Crippen LogP contribution in [0.2, 0.25) is 0 Å². The molecule has 0 unspecified atom stereocenters. The number of nitrogens with one attached hydrogen (secondary N) is 1. The highest BCUT2D eigenvalue weighted by Gasteiger charge is 2.22. The summed E-state index contributed by atoms with van der Waals surface area (Å²) in [5.74, 6) is 0.362. The maximum atomic E-state index is 13.1. The second-order valence-electron chi connectivity index (χ2n) is 4.43. The van der Waals surface area contributed by atoms with Crippen LogP contribution in [0.25, 0.3) is 0 Å². The molecule has 1 N–H and O–H groups in total. The van der Waals surface area contributed by atoms with E-state index in [2.05, 4.69) is 14.9 Å².